The predicted octanol–water partition coefficient (Wildman–Crippen LogP) is 2.19. The summed E-state index contributed by atoms with van der Waals surface area (Å²) in [7, 11) is 2.15. The molecule has 1 saturated heterocycles. The summed E-state index contributed by atoms with van der Waals surface area (Å²) in [4.78, 5) is 18.4. The molecular formula is C21H22N8. The Morgan fingerprint density at radius 1 is 0.931 bits per heavy atom. The number of fused-ring (bicyclic) bond motifs is 1. The van der Waals surface area contributed by atoms with Gasteiger partial charge in [0, 0.05) is 62.1 Å². The highest BCUT2D eigenvalue weighted by Gasteiger charge is 2.20. The third kappa shape index (κ3) is 3.17. The van der Waals surface area contributed by atoms with Crippen molar-refractivity contribution in [2.24, 2.45) is 0 Å². The van der Waals surface area contributed by atoms with Gasteiger partial charge in [-0.3, -0.25) is 4.98 Å². The quantitative estimate of drug-likeness (QED) is 0.577. The Morgan fingerprint density at radius 3 is 2.55 bits per heavy atom. The largest absolute Gasteiger partial charge is 0.382 e. The average molecular weight is 386 g/mol. The van der Waals surface area contributed by atoms with Crippen molar-refractivity contribution in [2.45, 2.75) is 0 Å². The fourth-order valence-corrected chi connectivity index (χ4v) is 3.74. The van der Waals surface area contributed by atoms with Gasteiger partial charge in [-0.2, -0.15) is 0 Å². The molecule has 1 fully saturated rings. The predicted molar refractivity (Wildman–Crippen MR) is 114 cm³/mol. The molecule has 2 N–H and O–H groups in total. The van der Waals surface area contributed by atoms with E-state index < -0.39 is 0 Å². The maximum absolute atomic E-state index is 6.20. The van der Waals surface area contributed by atoms with Crippen molar-refractivity contribution in [3.05, 3.63) is 55.1 Å². The van der Waals surface area contributed by atoms with Crippen molar-refractivity contribution >= 4 is 17.3 Å². The van der Waals surface area contributed by atoms with Gasteiger partial charge in [0.05, 0.1) is 11.3 Å². The van der Waals surface area contributed by atoms with Gasteiger partial charge in [0.15, 0.2) is 11.5 Å². The molecule has 146 valence electrons. The van der Waals surface area contributed by atoms with Gasteiger partial charge >= 0.3 is 0 Å². The number of pyridine rings is 2. The summed E-state index contributed by atoms with van der Waals surface area (Å²) < 4.78 is 1.73. The van der Waals surface area contributed by atoms with Crippen molar-refractivity contribution in [2.75, 3.05) is 43.9 Å². The molecule has 8 nitrogen and oxygen atoms in total. The molecule has 0 amide bonds. The van der Waals surface area contributed by atoms with Crippen LogP contribution in [0.1, 0.15) is 0 Å². The maximum Gasteiger partial charge on any atom is 0.166 e. The first-order valence-corrected chi connectivity index (χ1v) is 9.65. The Hall–Kier alpha value is -3.52. The summed E-state index contributed by atoms with van der Waals surface area (Å²) in [6, 6.07) is 9.75. The molecule has 0 bridgehead atoms. The summed E-state index contributed by atoms with van der Waals surface area (Å²) in [5.41, 5.74) is 10.4. The van der Waals surface area contributed by atoms with E-state index in [-0.39, 0.29) is 0 Å². The number of aromatic nitrogens is 5. The van der Waals surface area contributed by atoms with Crippen LogP contribution in [0.3, 0.4) is 0 Å². The van der Waals surface area contributed by atoms with Crippen LogP contribution >= 0.6 is 0 Å². The van der Waals surface area contributed by atoms with Crippen molar-refractivity contribution in [3.63, 3.8) is 0 Å². The normalized spacial score (nSPS) is 15.1. The standard InChI is InChI=1S/C21H22N8/c1-27-9-11-28(12-10-27)20-16(5-4-8-24-20)15-13-25-21-18(17-6-2-3-7-23-17)19(22)26-29(21)14-15/h2-8,13-14H,9-12H2,1H3,(H2,22,26). The number of anilines is 2. The monoisotopic (exact) mass is 386 g/mol. The summed E-state index contributed by atoms with van der Waals surface area (Å²) >= 11 is 0. The second-order valence-electron chi connectivity index (χ2n) is 7.25. The highest BCUT2D eigenvalue weighted by atomic mass is 15.3. The van der Waals surface area contributed by atoms with E-state index in [4.69, 9.17) is 5.73 Å². The molecule has 0 atom stereocenters. The minimum absolute atomic E-state index is 0.416. The van der Waals surface area contributed by atoms with Gasteiger partial charge in [-0.1, -0.05) is 6.07 Å². The molecule has 0 spiro atoms. The lowest BCUT2D eigenvalue weighted by Crippen LogP contribution is -2.45. The number of likely N-dealkylation sites (N-methyl/N-ethyl adjacent to an activating group) is 1. The first-order valence-electron chi connectivity index (χ1n) is 9.65. The van der Waals surface area contributed by atoms with E-state index in [0.29, 0.717) is 11.5 Å². The maximum atomic E-state index is 6.20. The summed E-state index contributed by atoms with van der Waals surface area (Å²) in [6.07, 6.45) is 7.40. The van der Waals surface area contributed by atoms with E-state index in [0.717, 1.165) is 54.4 Å². The Morgan fingerprint density at radius 2 is 1.76 bits per heavy atom. The lowest BCUT2D eigenvalue weighted by molar-refractivity contribution is 0.312. The van der Waals surface area contributed by atoms with E-state index in [1.807, 2.05) is 42.9 Å². The highest BCUT2D eigenvalue weighted by Crippen LogP contribution is 2.32. The van der Waals surface area contributed by atoms with Crippen LogP contribution in [-0.4, -0.2) is 62.7 Å². The molecule has 4 aromatic rings. The van der Waals surface area contributed by atoms with Crippen LogP contribution in [-0.2, 0) is 0 Å². The number of nitrogens with zero attached hydrogens (tertiary/aromatic N) is 7. The lowest BCUT2D eigenvalue weighted by atomic mass is 10.1. The third-order valence-electron chi connectivity index (χ3n) is 5.32. The van der Waals surface area contributed by atoms with Gasteiger partial charge in [0.1, 0.15) is 5.82 Å². The fourth-order valence-electron chi connectivity index (χ4n) is 3.74. The van der Waals surface area contributed by atoms with Gasteiger partial charge in [-0.25, -0.2) is 14.5 Å². The number of nitrogens with two attached hydrogens (primary N) is 1. The number of nitrogen functional groups attached to an aromatic ring is 1. The zero-order chi connectivity index (χ0) is 19.8. The summed E-state index contributed by atoms with van der Waals surface area (Å²) in [6.45, 7) is 3.95. The first kappa shape index (κ1) is 17.6. The minimum atomic E-state index is 0.416. The summed E-state index contributed by atoms with van der Waals surface area (Å²) in [5, 5.41) is 4.48. The van der Waals surface area contributed by atoms with Crippen LogP contribution in [0, 0.1) is 0 Å². The third-order valence-corrected chi connectivity index (χ3v) is 5.32. The van der Waals surface area contributed by atoms with Crippen molar-refractivity contribution in [1.29, 1.82) is 0 Å². The topological polar surface area (TPSA) is 88.5 Å². The van der Waals surface area contributed by atoms with E-state index >= 15 is 0 Å². The number of hydrogen-bond donors (Lipinski definition) is 1. The number of piperazine rings is 1. The Bertz CT molecular complexity index is 1150. The molecule has 8 heteroatoms. The second-order valence-corrected chi connectivity index (χ2v) is 7.25. The minimum Gasteiger partial charge on any atom is -0.382 e. The van der Waals surface area contributed by atoms with E-state index in [9.17, 15) is 0 Å². The zero-order valence-electron chi connectivity index (χ0n) is 16.2. The molecule has 1 aliphatic rings. The molecule has 0 saturated carbocycles. The lowest BCUT2D eigenvalue weighted by Gasteiger charge is -2.34. The van der Waals surface area contributed by atoms with Crippen molar-refractivity contribution < 1.29 is 0 Å². The van der Waals surface area contributed by atoms with E-state index in [2.05, 4.69) is 43.0 Å². The molecule has 4 aromatic heterocycles. The van der Waals surface area contributed by atoms with E-state index in [1.54, 1.807) is 10.7 Å². The van der Waals surface area contributed by atoms with Crippen LogP contribution in [0.5, 0.6) is 0 Å². The number of hydrogen-bond acceptors (Lipinski definition) is 7. The van der Waals surface area contributed by atoms with Crippen LogP contribution < -0.4 is 10.6 Å². The van der Waals surface area contributed by atoms with Crippen LogP contribution in [0.25, 0.3) is 28.0 Å². The average Bonchev–Trinajstić information content (AvgIpc) is 3.10. The SMILES string of the molecule is CN1CCN(c2ncccc2-c2cnc3c(-c4ccccn4)c(N)nn3c2)CC1. The smallest absolute Gasteiger partial charge is 0.166 e. The Kier molecular flexibility index (Phi) is 4.33. The molecule has 0 radical (unpaired) electrons. The molecule has 0 aliphatic carbocycles. The van der Waals surface area contributed by atoms with Crippen LogP contribution in [0.2, 0.25) is 0 Å². The zero-order valence-corrected chi connectivity index (χ0v) is 16.2. The number of rotatable bonds is 3. The Balaban J connectivity index is 1.57. The van der Waals surface area contributed by atoms with Crippen LogP contribution in [0.4, 0.5) is 11.6 Å². The van der Waals surface area contributed by atoms with Crippen molar-refractivity contribution in [3.8, 4) is 22.4 Å². The fraction of sp³-hybridized carbons (Fsp3) is 0.238. The molecule has 0 unspecified atom stereocenters. The first-order chi connectivity index (χ1) is 14.2. The Labute approximate surface area is 168 Å². The van der Waals surface area contributed by atoms with Gasteiger partial charge in [0.2, 0.25) is 0 Å². The highest BCUT2D eigenvalue weighted by molar-refractivity contribution is 5.85. The molecule has 0 aromatic carbocycles. The molecule has 29 heavy (non-hydrogen) atoms. The van der Waals surface area contributed by atoms with Gasteiger partial charge < -0.3 is 15.5 Å². The van der Waals surface area contributed by atoms with Gasteiger partial charge in [-0.15, -0.1) is 5.10 Å². The molecule has 5 heterocycles. The molecule has 1 aliphatic heterocycles. The van der Waals surface area contributed by atoms with Crippen LogP contribution in [0.15, 0.2) is 55.1 Å². The molecular weight excluding hydrogens is 364 g/mol. The molecule has 5 rings (SSSR count). The second kappa shape index (κ2) is 7.14. The van der Waals surface area contributed by atoms with Gasteiger partial charge in [-0.05, 0) is 31.3 Å². The van der Waals surface area contributed by atoms with Gasteiger partial charge in [0.25, 0.3) is 0 Å². The van der Waals surface area contributed by atoms with Crippen molar-refractivity contribution in [1.82, 2.24) is 29.5 Å². The van der Waals surface area contributed by atoms with E-state index in [1.165, 1.54) is 0 Å². The summed E-state index contributed by atoms with van der Waals surface area (Å²) in [5.74, 6) is 1.39.